The number of carbonyl (C=O) groups excluding carboxylic acids is 2. The lowest BCUT2D eigenvalue weighted by atomic mass is 9.69. The van der Waals surface area contributed by atoms with Crippen LogP contribution in [0.15, 0.2) is 54.6 Å². The summed E-state index contributed by atoms with van der Waals surface area (Å²) >= 11 is 0. The molecule has 1 saturated carbocycles. The zero-order chi connectivity index (χ0) is 24.6. The largest absolute Gasteiger partial charge is 0.493 e. The third-order valence-corrected chi connectivity index (χ3v) is 8.57. The Kier molecular flexibility index (Phi) is 6.47. The van der Waals surface area contributed by atoms with E-state index in [2.05, 4.69) is 28.9 Å². The predicted molar refractivity (Wildman–Crippen MR) is 134 cm³/mol. The molecule has 3 fully saturated rings. The molecule has 186 valence electrons. The number of nitrogens with zero attached hydrogens (tertiary/aromatic N) is 2. The maximum Gasteiger partial charge on any atom is 0.261 e. The van der Waals surface area contributed by atoms with Crippen molar-refractivity contribution >= 4 is 11.8 Å². The van der Waals surface area contributed by atoms with E-state index in [0.717, 1.165) is 38.5 Å². The Hall–Kier alpha value is -3.02. The molecule has 6 nitrogen and oxygen atoms in total. The summed E-state index contributed by atoms with van der Waals surface area (Å²) in [7, 11) is 1.60. The fraction of sp³-hybridized carbons (Fsp3) is 0.517. The van der Waals surface area contributed by atoms with Crippen molar-refractivity contribution in [1.29, 1.82) is 0 Å². The maximum atomic E-state index is 13.8. The van der Waals surface area contributed by atoms with E-state index >= 15 is 0 Å². The molecule has 2 aromatic rings. The van der Waals surface area contributed by atoms with E-state index in [0.29, 0.717) is 11.5 Å². The highest BCUT2D eigenvalue weighted by Gasteiger charge is 2.63. The molecule has 0 aromatic heterocycles. The Bertz CT molecular complexity index is 1070. The number of piperidine rings is 1. The first-order valence-electron chi connectivity index (χ1n) is 12.8. The van der Waals surface area contributed by atoms with Crippen molar-refractivity contribution in [2.75, 3.05) is 13.7 Å². The minimum atomic E-state index is -0.0971. The van der Waals surface area contributed by atoms with Crippen molar-refractivity contribution < 1.29 is 19.1 Å². The minimum Gasteiger partial charge on any atom is -0.493 e. The van der Waals surface area contributed by atoms with Gasteiger partial charge >= 0.3 is 0 Å². The topological polar surface area (TPSA) is 59.1 Å². The Balaban J connectivity index is 1.48. The SMILES string of the molecule is COc1ccccc1OCC(=O)N1[C@H]2CCCC[C@H]3N(C(C)=O)[C@H](Cc4ccccc4)[C@@H]1C[C@@]23C. The van der Waals surface area contributed by atoms with Crippen LogP contribution in [-0.2, 0) is 16.0 Å². The van der Waals surface area contributed by atoms with Crippen molar-refractivity contribution in [1.82, 2.24) is 9.80 Å². The van der Waals surface area contributed by atoms with Gasteiger partial charge in [0, 0.05) is 24.4 Å². The van der Waals surface area contributed by atoms with Crippen LogP contribution in [0.3, 0.4) is 0 Å². The number of hydrogen-bond donors (Lipinski definition) is 0. The standard InChI is InChI=1S/C29H36N2O4/c1-20(32)30-22(17-21-11-5-4-6-12-21)23-18-29(2)26(30)15-9-10-16-27(29)31(23)28(33)19-35-25-14-8-7-13-24(25)34-3/h4-8,11-14,22-23,26-27H,9-10,15-19H2,1-3H3/t22-,23+,26-,27+,29-/m1/s1. The lowest BCUT2D eigenvalue weighted by Gasteiger charge is -2.50. The van der Waals surface area contributed by atoms with Crippen LogP contribution in [0.1, 0.15) is 51.5 Å². The molecule has 1 aliphatic carbocycles. The third kappa shape index (κ3) is 4.17. The molecule has 3 aliphatic rings. The number of fused-ring (bicyclic) bond motifs is 1. The molecule has 0 spiro atoms. The molecule has 5 atom stereocenters. The minimum absolute atomic E-state index is 0.00116. The number of para-hydroxylation sites is 2. The van der Waals surface area contributed by atoms with Crippen LogP contribution >= 0.6 is 0 Å². The van der Waals surface area contributed by atoms with Crippen molar-refractivity contribution in [3.8, 4) is 11.5 Å². The summed E-state index contributed by atoms with van der Waals surface area (Å²) in [5.41, 5.74) is 1.10. The quantitative estimate of drug-likeness (QED) is 0.618. The Labute approximate surface area is 208 Å². The maximum absolute atomic E-state index is 13.8. The van der Waals surface area contributed by atoms with E-state index in [1.165, 1.54) is 5.56 Å². The summed E-state index contributed by atoms with van der Waals surface area (Å²) in [5, 5.41) is 0. The fourth-order valence-corrected chi connectivity index (χ4v) is 7.11. The van der Waals surface area contributed by atoms with Gasteiger partial charge < -0.3 is 19.3 Å². The Morgan fingerprint density at radius 1 is 0.943 bits per heavy atom. The van der Waals surface area contributed by atoms with Gasteiger partial charge in [0.25, 0.3) is 5.91 Å². The first-order valence-corrected chi connectivity index (χ1v) is 12.8. The molecule has 2 heterocycles. The summed E-state index contributed by atoms with van der Waals surface area (Å²) in [6.07, 6.45) is 5.84. The van der Waals surface area contributed by atoms with E-state index in [-0.39, 0.29) is 48.0 Å². The molecule has 0 unspecified atom stereocenters. The van der Waals surface area contributed by atoms with E-state index in [9.17, 15) is 9.59 Å². The number of carbonyl (C=O) groups is 2. The first-order chi connectivity index (χ1) is 16.9. The molecule has 5 rings (SSSR count). The van der Waals surface area contributed by atoms with Crippen LogP contribution in [-0.4, -0.2) is 59.5 Å². The second-order valence-corrected chi connectivity index (χ2v) is 10.5. The monoisotopic (exact) mass is 476 g/mol. The molecule has 6 heteroatoms. The average molecular weight is 477 g/mol. The number of likely N-dealkylation sites (tertiary alicyclic amines) is 2. The highest BCUT2D eigenvalue weighted by atomic mass is 16.5. The molecule has 0 radical (unpaired) electrons. The van der Waals surface area contributed by atoms with E-state index in [1.54, 1.807) is 14.0 Å². The van der Waals surface area contributed by atoms with Gasteiger partial charge in [-0.05, 0) is 43.4 Å². The van der Waals surface area contributed by atoms with E-state index < -0.39 is 0 Å². The number of amides is 2. The van der Waals surface area contributed by atoms with Gasteiger partial charge in [0.2, 0.25) is 5.91 Å². The van der Waals surface area contributed by atoms with Crippen molar-refractivity contribution in [3.05, 3.63) is 60.2 Å². The van der Waals surface area contributed by atoms with Crippen molar-refractivity contribution in [2.45, 2.75) is 76.5 Å². The molecule has 0 N–H and O–H groups in total. The number of benzene rings is 2. The normalized spacial score (nSPS) is 29.5. The van der Waals surface area contributed by atoms with Crippen LogP contribution < -0.4 is 9.47 Å². The highest BCUT2D eigenvalue weighted by Crippen LogP contribution is 2.55. The zero-order valence-electron chi connectivity index (χ0n) is 21.0. The van der Waals surface area contributed by atoms with Gasteiger partial charge in [-0.3, -0.25) is 9.59 Å². The summed E-state index contributed by atoms with van der Waals surface area (Å²) in [6, 6.07) is 18.0. The van der Waals surface area contributed by atoms with Gasteiger partial charge in [-0.1, -0.05) is 62.2 Å². The van der Waals surface area contributed by atoms with Gasteiger partial charge in [0.1, 0.15) is 0 Å². The lowest BCUT2D eigenvalue weighted by Crippen LogP contribution is -2.61. The van der Waals surface area contributed by atoms with Crippen LogP contribution in [0.25, 0.3) is 0 Å². The molecule has 2 aliphatic heterocycles. The van der Waals surface area contributed by atoms with E-state index in [1.807, 2.05) is 42.5 Å². The van der Waals surface area contributed by atoms with Crippen LogP contribution in [0.4, 0.5) is 0 Å². The fourth-order valence-electron chi connectivity index (χ4n) is 7.11. The highest BCUT2D eigenvalue weighted by molar-refractivity contribution is 5.80. The van der Waals surface area contributed by atoms with Gasteiger partial charge in [0.05, 0.1) is 19.2 Å². The second-order valence-electron chi connectivity index (χ2n) is 10.5. The van der Waals surface area contributed by atoms with Gasteiger partial charge in [0.15, 0.2) is 18.1 Å². The smallest absolute Gasteiger partial charge is 0.261 e. The molecule has 2 aromatic carbocycles. The average Bonchev–Trinajstić information content (AvgIpc) is 3.01. The van der Waals surface area contributed by atoms with Crippen molar-refractivity contribution in [2.24, 2.45) is 5.41 Å². The van der Waals surface area contributed by atoms with Crippen molar-refractivity contribution in [3.63, 3.8) is 0 Å². The first kappa shape index (κ1) is 23.7. The summed E-state index contributed by atoms with van der Waals surface area (Å²) in [4.78, 5) is 31.2. The number of rotatable bonds is 6. The Morgan fingerprint density at radius 3 is 2.23 bits per heavy atom. The van der Waals surface area contributed by atoms with Crippen LogP contribution in [0.5, 0.6) is 11.5 Å². The van der Waals surface area contributed by atoms with Gasteiger partial charge in [-0.15, -0.1) is 0 Å². The van der Waals surface area contributed by atoms with Crippen LogP contribution in [0.2, 0.25) is 0 Å². The molecule has 2 amide bonds. The molecule has 2 saturated heterocycles. The molecule has 2 bridgehead atoms. The Morgan fingerprint density at radius 2 is 1.57 bits per heavy atom. The predicted octanol–water partition coefficient (Wildman–Crippen LogP) is 4.47. The molecule has 35 heavy (non-hydrogen) atoms. The second kappa shape index (κ2) is 9.56. The summed E-state index contributed by atoms with van der Waals surface area (Å²) < 4.78 is 11.4. The molecular weight excluding hydrogens is 440 g/mol. The molecular formula is C29H36N2O4. The number of ether oxygens (including phenoxy) is 2. The summed E-state index contributed by atoms with van der Waals surface area (Å²) in [6.45, 7) is 3.97. The number of methoxy groups -OCH3 is 1. The summed E-state index contributed by atoms with van der Waals surface area (Å²) in [5.74, 6) is 1.30. The van der Waals surface area contributed by atoms with Crippen LogP contribution in [0, 0.1) is 5.41 Å². The third-order valence-electron chi connectivity index (χ3n) is 8.57. The zero-order valence-corrected chi connectivity index (χ0v) is 21.0. The van der Waals surface area contributed by atoms with Gasteiger partial charge in [-0.2, -0.15) is 0 Å². The van der Waals surface area contributed by atoms with Gasteiger partial charge in [-0.25, -0.2) is 0 Å². The lowest BCUT2D eigenvalue weighted by molar-refractivity contribution is -0.143. The number of hydrogen-bond acceptors (Lipinski definition) is 4. The van der Waals surface area contributed by atoms with E-state index in [4.69, 9.17) is 9.47 Å².